The SMILES string of the molecule is Cc1nn(C)c(Cl)c1CNCC1(CCO)CCCCC1. The summed E-state index contributed by atoms with van der Waals surface area (Å²) in [6.07, 6.45) is 7.25. The van der Waals surface area contributed by atoms with Crippen molar-refractivity contribution in [2.24, 2.45) is 12.5 Å². The number of aliphatic hydroxyl groups excluding tert-OH is 1. The van der Waals surface area contributed by atoms with E-state index >= 15 is 0 Å². The molecule has 2 N–H and O–H groups in total. The summed E-state index contributed by atoms with van der Waals surface area (Å²) in [4.78, 5) is 0. The van der Waals surface area contributed by atoms with Crippen molar-refractivity contribution in [3.8, 4) is 0 Å². The highest BCUT2D eigenvalue weighted by Crippen LogP contribution is 2.38. The Bertz CT molecular complexity index is 433. The Balaban J connectivity index is 1.93. The van der Waals surface area contributed by atoms with E-state index in [-0.39, 0.29) is 12.0 Å². The van der Waals surface area contributed by atoms with Crippen LogP contribution in [0.25, 0.3) is 0 Å². The molecule has 20 heavy (non-hydrogen) atoms. The molecule has 114 valence electrons. The van der Waals surface area contributed by atoms with Crippen molar-refractivity contribution in [3.05, 3.63) is 16.4 Å². The van der Waals surface area contributed by atoms with Crippen LogP contribution >= 0.6 is 11.6 Å². The van der Waals surface area contributed by atoms with Gasteiger partial charge in [0.15, 0.2) is 0 Å². The molecule has 2 rings (SSSR count). The van der Waals surface area contributed by atoms with Gasteiger partial charge in [0.05, 0.1) is 5.69 Å². The van der Waals surface area contributed by atoms with Gasteiger partial charge in [0, 0.05) is 32.3 Å². The van der Waals surface area contributed by atoms with Gasteiger partial charge in [-0.15, -0.1) is 0 Å². The minimum absolute atomic E-state index is 0.273. The van der Waals surface area contributed by atoms with Gasteiger partial charge in [0.2, 0.25) is 0 Å². The van der Waals surface area contributed by atoms with Crippen LogP contribution in [0.15, 0.2) is 0 Å². The molecule has 0 spiro atoms. The molecule has 4 nitrogen and oxygen atoms in total. The molecule has 0 amide bonds. The standard InChI is InChI=1S/C15H26ClN3O/c1-12-13(14(16)19(2)18-12)10-17-11-15(8-9-20)6-4-3-5-7-15/h17,20H,3-11H2,1-2H3. The first-order valence-corrected chi connectivity index (χ1v) is 7.95. The molecule has 0 aliphatic heterocycles. The number of aryl methyl sites for hydroxylation is 2. The normalized spacial score (nSPS) is 18.4. The summed E-state index contributed by atoms with van der Waals surface area (Å²) in [7, 11) is 1.87. The molecule has 1 aromatic heterocycles. The van der Waals surface area contributed by atoms with Crippen molar-refractivity contribution in [2.45, 2.75) is 52.0 Å². The van der Waals surface area contributed by atoms with Crippen LogP contribution in [0, 0.1) is 12.3 Å². The van der Waals surface area contributed by atoms with Gasteiger partial charge in [-0.05, 0) is 31.6 Å². The van der Waals surface area contributed by atoms with Crippen LogP contribution in [0.4, 0.5) is 0 Å². The fraction of sp³-hybridized carbons (Fsp3) is 0.800. The molecular formula is C15H26ClN3O. The monoisotopic (exact) mass is 299 g/mol. The molecule has 0 radical (unpaired) electrons. The number of nitrogens with one attached hydrogen (secondary N) is 1. The highest BCUT2D eigenvalue weighted by molar-refractivity contribution is 6.30. The van der Waals surface area contributed by atoms with Gasteiger partial charge in [-0.25, -0.2) is 0 Å². The summed E-state index contributed by atoms with van der Waals surface area (Å²) >= 11 is 6.25. The first kappa shape index (κ1) is 15.8. The molecule has 1 heterocycles. The molecule has 1 aromatic rings. The zero-order valence-corrected chi connectivity index (χ0v) is 13.3. The van der Waals surface area contributed by atoms with Crippen LogP contribution in [-0.4, -0.2) is 28.0 Å². The van der Waals surface area contributed by atoms with Crippen molar-refractivity contribution < 1.29 is 5.11 Å². The van der Waals surface area contributed by atoms with E-state index in [1.807, 2.05) is 14.0 Å². The van der Waals surface area contributed by atoms with Crippen LogP contribution in [0.2, 0.25) is 5.15 Å². The van der Waals surface area contributed by atoms with Crippen LogP contribution in [0.1, 0.15) is 49.8 Å². The lowest BCUT2D eigenvalue weighted by Gasteiger charge is -2.37. The fourth-order valence-electron chi connectivity index (χ4n) is 3.38. The third-order valence-corrected chi connectivity index (χ3v) is 5.10. The summed E-state index contributed by atoms with van der Waals surface area (Å²) in [5.41, 5.74) is 2.35. The lowest BCUT2D eigenvalue weighted by Crippen LogP contribution is -2.36. The van der Waals surface area contributed by atoms with E-state index in [1.165, 1.54) is 32.1 Å². The molecule has 0 saturated heterocycles. The minimum atomic E-state index is 0.273. The Hall–Kier alpha value is -0.580. The molecule has 1 aliphatic carbocycles. The molecule has 1 fully saturated rings. The van der Waals surface area contributed by atoms with Crippen molar-refractivity contribution in [2.75, 3.05) is 13.2 Å². The first-order chi connectivity index (χ1) is 9.58. The second-order valence-electron chi connectivity index (χ2n) is 6.12. The average molecular weight is 300 g/mol. The largest absolute Gasteiger partial charge is 0.396 e. The molecule has 0 atom stereocenters. The first-order valence-electron chi connectivity index (χ1n) is 7.57. The second kappa shape index (κ2) is 6.92. The van der Waals surface area contributed by atoms with E-state index < -0.39 is 0 Å². The maximum absolute atomic E-state index is 9.33. The van der Waals surface area contributed by atoms with Gasteiger partial charge in [-0.2, -0.15) is 5.10 Å². The molecule has 1 saturated carbocycles. The Morgan fingerprint density at radius 2 is 2.05 bits per heavy atom. The van der Waals surface area contributed by atoms with Crippen molar-refractivity contribution in [1.29, 1.82) is 0 Å². The predicted molar refractivity (Wildman–Crippen MR) is 81.9 cm³/mol. The van der Waals surface area contributed by atoms with Gasteiger partial charge in [-0.1, -0.05) is 30.9 Å². The van der Waals surface area contributed by atoms with E-state index in [0.29, 0.717) is 0 Å². The minimum Gasteiger partial charge on any atom is -0.396 e. The van der Waals surface area contributed by atoms with Crippen molar-refractivity contribution >= 4 is 11.6 Å². The van der Waals surface area contributed by atoms with E-state index in [9.17, 15) is 5.11 Å². The summed E-state index contributed by atoms with van der Waals surface area (Å²) in [5, 5.41) is 17.9. The maximum atomic E-state index is 9.33. The van der Waals surface area contributed by atoms with Gasteiger partial charge in [-0.3, -0.25) is 4.68 Å². The zero-order chi connectivity index (χ0) is 14.6. The van der Waals surface area contributed by atoms with Gasteiger partial charge < -0.3 is 10.4 Å². The molecule has 0 bridgehead atoms. The lowest BCUT2D eigenvalue weighted by atomic mass is 9.72. The number of hydrogen-bond acceptors (Lipinski definition) is 3. The number of hydrogen-bond donors (Lipinski definition) is 2. The molecular weight excluding hydrogens is 274 g/mol. The van der Waals surface area contributed by atoms with Crippen LogP contribution < -0.4 is 5.32 Å². The maximum Gasteiger partial charge on any atom is 0.131 e. The smallest absolute Gasteiger partial charge is 0.131 e. The molecule has 1 aliphatic rings. The Morgan fingerprint density at radius 3 is 2.60 bits per heavy atom. The number of aliphatic hydroxyl groups is 1. The van der Waals surface area contributed by atoms with Gasteiger partial charge >= 0.3 is 0 Å². The molecule has 0 unspecified atom stereocenters. The topological polar surface area (TPSA) is 50.1 Å². The average Bonchev–Trinajstić information content (AvgIpc) is 2.66. The van der Waals surface area contributed by atoms with Crippen LogP contribution in [0.5, 0.6) is 0 Å². The Labute approximate surface area is 126 Å². The number of rotatable bonds is 6. The molecule has 5 heteroatoms. The van der Waals surface area contributed by atoms with Crippen molar-refractivity contribution in [3.63, 3.8) is 0 Å². The third kappa shape index (κ3) is 3.54. The zero-order valence-electron chi connectivity index (χ0n) is 12.6. The summed E-state index contributed by atoms with van der Waals surface area (Å²) in [6, 6.07) is 0. The lowest BCUT2D eigenvalue weighted by molar-refractivity contribution is 0.126. The molecule has 0 aromatic carbocycles. The Morgan fingerprint density at radius 1 is 1.35 bits per heavy atom. The number of aromatic nitrogens is 2. The quantitative estimate of drug-likeness (QED) is 0.849. The summed E-state index contributed by atoms with van der Waals surface area (Å²) in [6.45, 7) is 3.99. The second-order valence-corrected chi connectivity index (χ2v) is 6.47. The van der Waals surface area contributed by atoms with Gasteiger partial charge in [0.25, 0.3) is 0 Å². The van der Waals surface area contributed by atoms with E-state index in [2.05, 4.69) is 10.4 Å². The van der Waals surface area contributed by atoms with Crippen molar-refractivity contribution in [1.82, 2.24) is 15.1 Å². The number of nitrogens with zero attached hydrogens (tertiary/aromatic N) is 2. The predicted octanol–water partition coefficient (Wildman–Crippen LogP) is 2.80. The highest BCUT2D eigenvalue weighted by atomic mass is 35.5. The van der Waals surface area contributed by atoms with Crippen LogP contribution in [-0.2, 0) is 13.6 Å². The van der Waals surface area contributed by atoms with E-state index in [0.717, 1.165) is 35.9 Å². The van der Waals surface area contributed by atoms with Gasteiger partial charge in [0.1, 0.15) is 5.15 Å². The Kier molecular flexibility index (Phi) is 5.47. The van der Waals surface area contributed by atoms with E-state index in [1.54, 1.807) is 4.68 Å². The van der Waals surface area contributed by atoms with E-state index in [4.69, 9.17) is 11.6 Å². The third-order valence-electron chi connectivity index (χ3n) is 4.63. The summed E-state index contributed by atoms with van der Waals surface area (Å²) in [5.74, 6) is 0. The summed E-state index contributed by atoms with van der Waals surface area (Å²) < 4.78 is 1.72. The fourth-order valence-corrected chi connectivity index (χ4v) is 3.62. The highest BCUT2D eigenvalue weighted by Gasteiger charge is 2.31. The number of halogens is 1. The van der Waals surface area contributed by atoms with Crippen LogP contribution in [0.3, 0.4) is 0 Å².